The molecule has 1 atom stereocenters. The maximum absolute atomic E-state index is 5.95. The van der Waals surface area contributed by atoms with Crippen LogP contribution in [0.4, 0.5) is 0 Å². The summed E-state index contributed by atoms with van der Waals surface area (Å²) in [6.07, 6.45) is 2.37. The van der Waals surface area contributed by atoms with Crippen LogP contribution >= 0.6 is 11.3 Å². The van der Waals surface area contributed by atoms with E-state index in [0.717, 1.165) is 22.9 Å². The molecule has 3 nitrogen and oxygen atoms in total. The molecule has 2 aromatic heterocycles. The third-order valence-corrected chi connectivity index (χ3v) is 2.83. The summed E-state index contributed by atoms with van der Waals surface area (Å²) in [5, 5.41) is 3.12. The number of nitrogens with two attached hydrogens (primary N) is 1. The summed E-state index contributed by atoms with van der Waals surface area (Å²) in [5.41, 5.74) is 6.99. The Morgan fingerprint density at radius 3 is 3.07 bits per heavy atom. The average molecular weight is 208 g/mol. The largest absolute Gasteiger partial charge is 0.468 e. The Morgan fingerprint density at radius 1 is 1.64 bits per heavy atom. The van der Waals surface area contributed by atoms with Gasteiger partial charge in [0.15, 0.2) is 0 Å². The molecule has 1 unspecified atom stereocenters. The summed E-state index contributed by atoms with van der Waals surface area (Å²) in [6, 6.07) is 3.65. The van der Waals surface area contributed by atoms with Crippen LogP contribution in [0, 0.1) is 6.92 Å². The average Bonchev–Trinajstić information content (AvgIpc) is 2.75. The fourth-order valence-corrected chi connectivity index (χ4v) is 1.96. The van der Waals surface area contributed by atoms with Crippen molar-refractivity contribution in [3.8, 4) is 0 Å². The van der Waals surface area contributed by atoms with Crippen molar-refractivity contribution in [2.75, 3.05) is 0 Å². The first-order valence-electron chi connectivity index (χ1n) is 4.45. The van der Waals surface area contributed by atoms with Gasteiger partial charge in [0.25, 0.3) is 0 Å². The molecular formula is C10H12N2OS. The van der Waals surface area contributed by atoms with Crippen LogP contribution in [0.15, 0.2) is 28.2 Å². The van der Waals surface area contributed by atoms with Crippen molar-refractivity contribution < 1.29 is 4.42 Å². The first kappa shape index (κ1) is 9.43. The van der Waals surface area contributed by atoms with Crippen LogP contribution in [0.1, 0.15) is 22.5 Å². The van der Waals surface area contributed by atoms with Gasteiger partial charge in [-0.15, -0.1) is 11.3 Å². The lowest BCUT2D eigenvalue weighted by Gasteiger charge is -2.05. The molecule has 2 aromatic rings. The number of nitrogens with zero attached hydrogens (tertiary/aromatic N) is 1. The highest BCUT2D eigenvalue weighted by atomic mass is 32.1. The Bertz CT molecular complexity index is 394. The lowest BCUT2D eigenvalue weighted by Crippen LogP contribution is -2.12. The fraction of sp³-hybridized carbons (Fsp3) is 0.300. The number of hydrogen-bond acceptors (Lipinski definition) is 4. The lowest BCUT2D eigenvalue weighted by molar-refractivity contribution is 0.463. The van der Waals surface area contributed by atoms with Gasteiger partial charge in [0, 0.05) is 11.8 Å². The van der Waals surface area contributed by atoms with Crippen molar-refractivity contribution in [2.45, 2.75) is 19.4 Å². The van der Waals surface area contributed by atoms with Crippen molar-refractivity contribution in [1.29, 1.82) is 0 Å². The zero-order valence-corrected chi connectivity index (χ0v) is 8.75. The van der Waals surface area contributed by atoms with E-state index in [2.05, 4.69) is 4.98 Å². The summed E-state index contributed by atoms with van der Waals surface area (Å²) < 4.78 is 5.22. The Morgan fingerprint density at radius 2 is 2.50 bits per heavy atom. The third-order valence-electron chi connectivity index (χ3n) is 2.00. The van der Waals surface area contributed by atoms with E-state index in [1.807, 2.05) is 24.4 Å². The molecule has 0 saturated carbocycles. The smallest absolute Gasteiger partial charge is 0.120 e. The van der Waals surface area contributed by atoms with Crippen LogP contribution in [-0.4, -0.2) is 4.98 Å². The molecule has 74 valence electrons. The summed E-state index contributed by atoms with van der Waals surface area (Å²) >= 11 is 1.65. The predicted octanol–water partition coefficient (Wildman–Crippen LogP) is 2.29. The molecule has 0 amide bonds. The number of furan rings is 1. The van der Waals surface area contributed by atoms with Crippen molar-refractivity contribution in [3.05, 3.63) is 40.2 Å². The quantitative estimate of drug-likeness (QED) is 0.842. The van der Waals surface area contributed by atoms with E-state index < -0.39 is 0 Å². The van der Waals surface area contributed by atoms with Gasteiger partial charge in [0.05, 0.1) is 23.0 Å². The van der Waals surface area contributed by atoms with E-state index in [1.165, 1.54) is 0 Å². The monoisotopic (exact) mass is 208 g/mol. The van der Waals surface area contributed by atoms with Gasteiger partial charge in [-0.05, 0) is 19.1 Å². The normalized spacial score (nSPS) is 13.0. The van der Waals surface area contributed by atoms with Crippen LogP contribution < -0.4 is 5.73 Å². The van der Waals surface area contributed by atoms with E-state index >= 15 is 0 Å². The molecule has 0 aromatic carbocycles. The Balaban J connectivity index is 2.05. The van der Waals surface area contributed by atoms with Crippen LogP contribution in [0.2, 0.25) is 0 Å². The second-order valence-electron chi connectivity index (χ2n) is 3.18. The zero-order chi connectivity index (χ0) is 9.97. The van der Waals surface area contributed by atoms with Crippen LogP contribution in [0.5, 0.6) is 0 Å². The SMILES string of the molecule is Cc1nc(CC(N)c2ccco2)cs1. The maximum Gasteiger partial charge on any atom is 0.120 e. The molecule has 2 heterocycles. The molecule has 0 aliphatic carbocycles. The molecule has 0 aliphatic rings. The van der Waals surface area contributed by atoms with Gasteiger partial charge in [-0.3, -0.25) is 0 Å². The van der Waals surface area contributed by atoms with Crippen LogP contribution in [-0.2, 0) is 6.42 Å². The minimum atomic E-state index is -0.0912. The Labute approximate surface area is 86.6 Å². The number of hydrogen-bond donors (Lipinski definition) is 1. The molecule has 0 bridgehead atoms. The summed E-state index contributed by atoms with van der Waals surface area (Å²) in [7, 11) is 0. The van der Waals surface area contributed by atoms with Gasteiger partial charge in [0.2, 0.25) is 0 Å². The highest BCUT2D eigenvalue weighted by Crippen LogP contribution is 2.17. The highest BCUT2D eigenvalue weighted by molar-refractivity contribution is 7.09. The minimum Gasteiger partial charge on any atom is -0.468 e. The topological polar surface area (TPSA) is 52.0 Å². The molecule has 0 fully saturated rings. The zero-order valence-electron chi connectivity index (χ0n) is 7.93. The third kappa shape index (κ3) is 2.02. The van der Waals surface area contributed by atoms with E-state index in [0.29, 0.717) is 0 Å². The second-order valence-corrected chi connectivity index (χ2v) is 4.25. The molecule has 2 rings (SSSR count). The second kappa shape index (κ2) is 3.94. The van der Waals surface area contributed by atoms with Crippen LogP contribution in [0.3, 0.4) is 0 Å². The first-order chi connectivity index (χ1) is 6.75. The van der Waals surface area contributed by atoms with E-state index in [1.54, 1.807) is 17.6 Å². The van der Waals surface area contributed by atoms with Crippen LogP contribution in [0.25, 0.3) is 0 Å². The summed E-state index contributed by atoms with van der Waals surface area (Å²) in [5.74, 6) is 0.815. The molecule has 0 spiro atoms. The summed E-state index contributed by atoms with van der Waals surface area (Å²) in [6.45, 7) is 1.99. The number of aromatic nitrogens is 1. The van der Waals surface area contributed by atoms with Crippen molar-refractivity contribution in [2.24, 2.45) is 5.73 Å². The van der Waals surface area contributed by atoms with Crippen molar-refractivity contribution >= 4 is 11.3 Å². The molecule has 0 saturated heterocycles. The Kier molecular flexibility index (Phi) is 2.65. The van der Waals surface area contributed by atoms with Crippen molar-refractivity contribution in [1.82, 2.24) is 4.98 Å². The van der Waals surface area contributed by atoms with Gasteiger partial charge in [-0.25, -0.2) is 4.98 Å². The molecule has 4 heteroatoms. The molecule has 0 radical (unpaired) electrons. The number of aryl methyl sites for hydroxylation is 1. The van der Waals surface area contributed by atoms with Gasteiger partial charge in [-0.2, -0.15) is 0 Å². The molecule has 14 heavy (non-hydrogen) atoms. The number of thiazole rings is 1. The van der Waals surface area contributed by atoms with E-state index in [4.69, 9.17) is 10.2 Å². The molecule has 0 aliphatic heterocycles. The molecular weight excluding hydrogens is 196 g/mol. The standard InChI is InChI=1S/C10H12N2OS/c1-7-12-8(6-14-7)5-9(11)10-3-2-4-13-10/h2-4,6,9H,5,11H2,1H3. The Hall–Kier alpha value is -1.13. The van der Waals surface area contributed by atoms with Gasteiger partial charge in [0.1, 0.15) is 5.76 Å². The fourth-order valence-electron chi connectivity index (χ4n) is 1.33. The highest BCUT2D eigenvalue weighted by Gasteiger charge is 2.11. The minimum absolute atomic E-state index is 0.0912. The number of rotatable bonds is 3. The summed E-state index contributed by atoms with van der Waals surface area (Å²) in [4.78, 5) is 4.36. The lowest BCUT2D eigenvalue weighted by atomic mass is 10.1. The van der Waals surface area contributed by atoms with Gasteiger partial charge < -0.3 is 10.2 Å². The van der Waals surface area contributed by atoms with Crippen molar-refractivity contribution in [3.63, 3.8) is 0 Å². The van der Waals surface area contributed by atoms with E-state index in [-0.39, 0.29) is 6.04 Å². The van der Waals surface area contributed by atoms with E-state index in [9.17, 15) is 0 Å². The maximum atomic E-state index is 5.95. The first-order valence-corrected chi connectivity index (χ1v) is 5.33. The molecule has 2 N–H and O–H groups in total. The predicted molar refractivity (Wildman–Crippen MR) is 56.2 cm³/mol. The van der Waals surface area contributed by atoms with Gasteiger partial charge >= 0.3 is 0 Å². The van der Waals surface area contributed by atoms with Gasteiger partial charge in [-0.1, -0.05) is 0 Å².